The molecule has 118 valence electrons. The van der Waals surface area contributed by atoms with E-state index in [0.29, 0.717) is 17.9 Å². The van der Waals surface area contributed by atoms with Crippen molar-refractivity contribution in [1.82, 2.24) is 20.4 Å². The topological polar surface area (TPSA) is 87.0 Å². The first kappa shape index (κ1) is 15.8. The van der Waals surface area contributed by atoms with Crippen LogP contribution in [0.15, 0.2) is 0 Å². The summed E-state index contributed by atoms with van der Waals surface area (Å²) in [6.45, 7) is 4.68. The number of nitrogen functional groups attached to an aromatic ring is 1. The molecule has 0 saturated heterocycles. The number of hydrogen-bond donors (Lipinski definition) is 3. The van der Waals surface area contributed by atoms with E-state index < -0.39 is 0 Å². The molecule has 0 aromatic carbocycles. The minimum absolute atomic E-state index is 0.0710. The van der Waals surface area contributed by atoms with Crippen LogP contribution in [0.5, 0.6) is 0 Å². The largest absolute Gasteiger partial charge is 0.395 e. The van der Waals surface area contributed by atoms with Gasteiger partial charge in [-0.15, -0.1) is 0 Å². The maximum absolute atomic E-state index is 12.3. The van der Waals surface area contributed by atoms with E-state index in [0.717, 1.165) is 18.5 Å². The molecule has 0 spiro atoms. The molecule has 0 unspecified atom stereocenters. The van der Waals surface area contributed by atoms with Gasteiger partial charge in [-0.3, -0.25) is 9.89 Å². The Balaban J connectivity index is 2.05. The van der Waals surface area contributed by atoms with E-state index >= 15 is 0 Å². The Labute approximate surface area is 126 Å². The van der Waals surface area contributed by atoms with Gasteiger partial charge in [-0.1, -0.05) is 26.7 Å². The predicted octanol–water partition coefficient (Wildman–Crippen LogP) is 1.72. The number of nitrogens with one attached hydrogen (secondary N) is 2. The third kappa shape index (κ3) is 3.05. The Morgan fingerprint density at radius 1 is 1.43 bits per heavy atom. The average Bonchev–Trinajstić information content (AvgIpc) is 3.03. The second kappa shape index (κ2) is 6.05. The molecule has 0 radical (unpaired) electrons. The van der Waals surface area contributed by atoms with Crippen LogP contribution >= 0.6 is 0 Å². The zero-order valence-corrected chi connectivity index (χ0v) is 13.5. The van der Waals surface area contributed by atoms with Crippen LogP contribution in [0.4, 0.5) is 5.69 Å². The van der Waals surface area contributed by atoms with Crippen molar-refractivity contribution in [2.24, 2.45) is 0 Å². The van der Waals surface area contributed by atoms with E-state index in [1.807, 2.05) is 13.8 Å². The first-order valence-electron chi connectivity index (χ1n) is 7.67. The molecule has 1 aliphatic carbocycles. The molecule has 1 heterocycles. The van der Waals surface area contributed by atoms with Crippen LogP contribution < -0.4 is 11.1 Å². The van der Waals surface area contributed by atoms with E-state index in [9.17, 15) is 4.79 Å². The summed E-state index contributed by atoms with van der Waals surface area (Å²) in [5.74, 6) is 0.0331. The molecule has 21 heavy (non-hydrogen) atoms. The Hall–Kier alpha value is -1.56. The first-order valence-corrected chi connectivity index (χ1v) is 7.67. The number of aromatic nitrogens is 2. The lowest BCUT2D eigenvalue weighted by atomic mass is 9.96. The number of anilines is 1. The van der Waals surface area contributed by atoms with Crippen molar-refractivity contribution >= 4 is 11.6 Å². The Kier molecular flexibility index (Phi) is 4.56. The second-order valence-electron chi connectivity index (χ2n) is 6.56. The molecule has 2 rings (SSSR count). The zero-order valence-electron chi connectivity index (χ0n) is 13.5. The standard InChI is InChI=1S/C15H27N5O/c1-10(2)12-11(16)13(19-18-12)14(21)17-9-15(20(3)4)7-5-6-8-15/h10H,5-9,16H2,1-4H3,(H,17,21)(H,18,19). The van der Waals surface area contributed by atoms with Gasteiger partial charge < -0.3 is 16.0 Å². The molecular weight excluding hydrogens is 266 g/mol. The van der Waals surface area contributed by atoms with Gasteiger partial charge in [-0.05, 0) is 32.9 Å². The lowest BCUT2D eigenvalue weighted by Crippen LogP contribution is -2.50. The number of H-pyrrole nitrogens is 1. The fourth-order valence-electron chi connectivity index (χ4n) is 3.12. The molecule has 1 fully saturated rings. The molecule has 1 aromatic rings. The number of hydrogen-bond acceptors (Lipinski definition) is 4. The molecule has 0 aliphatic heterocycles. The number of nitrogens with two attached hydrogens (primary N) is 1. The summed E-state index contributed by atoms with van der Waals surface area (Å²) < 4.78 is 0. The normalized spacial score (nSPS) is 17.6. The van der Waals surface area contributed by atoms with Crippen molar-refractivity contribution in [1.29, 1.82) is 0 Å². The van der Waals surface area contributed by atoms with E-state index in [-0.39, 0.29) is 17.4 Å². The van der Waals surface area contributed by atoms with E-state index in [1.165, 1.54) is 12.8 Å². The van der Waals surface area contributed by atoms with Gasteiger partial charge in [0.25, 0.3) is 5.91 Å². The fourth-order valence-corrected chi connectivity index (χ4v) is 3.12. The summed E-state index contributed by atoms with van der Waals surface area (Å²) in [6.07, 6.45) is 4.67. The maximum atomic E-state index is 12.3. The van der Waals surface area contributed by atoms with Crippen LogP contribution in [-0.2, 0) is 0 Å². The zero-order chi connectivity index (χ0) is 15.6. The number of nitrogens with zero attached hydrogens (tertiary/aromatic N) is 2. The average molecular weight is 293 g/mol. The SMILES string of the molecule is CC(C)c1[nH]nc(C(=O)NCC2(N(C)C)CCCC2)c1N. The smallest absolute Gasteiger partial charge is 0.274 e. The molecule has 1 amide bonds. The molecule has 6 heteroatoms. The van der Waals surface area contributed by atoms with Crippen LogP contribution in [0.25, 0.3) is 0 Å². The maximum Gasteiger partial charge on any atom is 0.274 e. The first-order chi connectivity index (χ1) is 9.87. The molecule has 1 aliphatic rings. The van der Waals surface area contributed by atoms with Gasteiger partial charge in [0.2, 0.25) is 0 Å². The van der Waals surface area contributed by atoms with E-state index in [4.69, 9.17) is 5.73 Å². The highest BCUT2D eigenvalue weighted by Crippen LogP contribution is 2.33. The van der Waals surface area contributed by atoms with Crippen LogP contribution in [-0.4, -0.2) is 47.2 Å². The molecule has 6 nitrogen and oxygen atoms in total. The van der Waals surface area contributed by atoms with E-state index in [1.54, 1.807) is 0 Å². The molecule has 4 N–H and O–H groups in total. The van der Waals surface area contributed by atoms with Crippen LogP contribution in [0, 0.1) is 0 Å². The lowest BCUT2D eigenvalue weighted by Gasteiger charge is -2.36. The molecule has 0 bridgehead atoms. The fraction of sp³-hybridized carbons (Fsp3) is 0.733. The summed E-state index contributed by atoms with van der Waals surface area (Å²) in [7, 11) is 4.16. The van der Waals surface area contributed by atoms with E-state index in [2.05, 4.69) is 34.5 Å². The molecule has 1 saturated carbocycles. The summed E-state index contributed by atoms with van der Waals surface area (Å²) >= 11 is 0. The van der Waals surface area contributed by atoms with Crippen LogP contribution in [0.2, 0.25) is 0 Å². The number of aromatic amines is 1. The minimum Gasteiger partial charge on any atom is -0.395 e. The second-order valence-corrected chi connectivity index (χ2v) is 6.56. The van der Waals surface area contributed by atoms with Gasteiger partial charge in [0, 0.05) is 12.1 Å². The Bertz CT molecular complexity index is 500. The predicted molar refractivity (Wildman–Crippen MR) is 84.3 cm³/mol. The van der Waals surface area contributed by atoms with Crippen molar-refractivity contribution in [2.45, 2.75) is 51.0 Å². The number of amides is 1. The van der Waals surface area contributed by atoms with Gasteiger partial charge in [0.05, 0.1) is 11.4 Å². The Morgan fingerprint density at radius 2 is 2.05 bits per heavy atom. The summed E-state index contributed by atoms with van der Waals surface area (Å²) in [5.41, 5.74) is 7.69. The quantitative estimate of drug-likeness (QED) is 0.771. The monoisotopic (exact) mass is 293 g/mol. The highest BCUT2D eigenvalue weighted by atomic mass is 16.2. The lowest BCUT2D eigenvalue weighted by molar-refractivity contribution is 0.0896. The van der Waals surface area contributed by atoms with Crippen molar-refractivity contribution < 1.29 is 4.79 Å². The van der Waals surface area contributed by atoms with Crippen molar-refractivity contribution in [3.8, 4) is 0 Å². The van der Waals surface area contributed by atoms with Gasteiger partial charge in [-0.25, -0.2) is 0 Å². The van der Waals surface area contributed by atoms with Crippen molar-refractivity contribution in [2.75, 3.05) is 26.4 Å². The van der Waals surface area contributed by atoms with Crippen molar-refractivity contribution in [3.63, 3.8) is 0 Å². The third-order valence-corrected chi connectivity index (χ3v) is 4.69. The summed E-state index contributed by atoms with van der Waals surface area (Å²) in [6, 6.07) is 0. The third-order valence-electron chi connectivity index (χ3n) is 4.69. The molecular formula is C15H27N5O. The number of carbonyl (C=O) groups excluding carboxylic acids is 1. The van der Waals surface area contributed by atoms with Gasteiger partial charge in [0.15, 0.2) is 5.69 Å². The van der Waals surface area contributed by atoms with Gasteiger partial charge >= 0.3 is 0 Å². The number of carbonyl (C=O) groups is 1. The molecule has 1 aromatic heterocycles. The number of rotatable bonds is 5. The van der Waals surface area contributed by atoms with Crippen molar-refractivity contribution in [3.05, 3.63) is 11.4 Å². The van der Waals surface area contributed by atoms with Gasteiger partial charge in [0.1, 0.15) is 0 Å². The molecule has 0 atom stereocenters. The Morgan fingerprint density at radius 3 is 2.52 bits per heavy atom. The van der Waals surface area contributed by atoms with Gasteiger partial charge in [-0.2, -0.15) is 5.10 Å². The summed E-state index contributed by atoms with van der Waals surface area (Å²) in [5, 5.41) is 9.96. The minimum atomic E-state index is -0.191. The summed E-state index contributed by atoms with van der Waals surface area (Å²) in [4.78, 5) is 14.6. The highest BCUT2D eigenvalue weighted by molar-refractivity contribution is 5.97. The van der Waals surface area contributed by atoms with Crippen LogP contribution in [0.3, 0.4) is 0 Å². The highest BCUT2D eigenvalue weighted by Gasteiger charge is 2.36. The number of likely N-dealkylation sites (N-methyl/N-ethyl adjacent to an activating group) is 1. The van der Waals surface area contributed by atoms with Crippen LogP contribution in [0.1, 0.15) is 61.6 Å².